The van der Waals surface area contributed by atoms with Gasteiger partial charge >= 0.3 is 0 Å². The van der Waals surface area contributed by atoms with Crippen LogP contribution in [0.1, 0.15) is 25.3 Å². The third-order valence-electron chi connectivity index (χ3n) is 3.55. The van der Waals surface area contributed by atoms with Crippen LogP contribution in [0.4, 0.5) is 0 Å². The molecule has 1 saturated heterocycles. The van der Waals surface area contributed by atoms with Crippen molar-refractivity contribution in [3.05, 3.63) is 18.0 Å². The van der Waals surface area contributed by atoms with Crippen molar-refractivity contribution >= 4 is 0 Å². The Morgan fingerprint density at radius 1 is 1.41 bits per heavy atom. The second-order valence-electron chi connectivity index (χ2n) is 5.05. The highest BCUT2D eigenvalue weighted by atomic mass is 15.2. The lowest BCUT2D eigenvalue weighted by Gasteiger charge is -2.31. The molecule has 2 heterocycles. The first-order valence-corrected chi connectivity index (χ1v) is 6.68. The highest BCUT2D eigenvalue weighted by Gasteiger charge is 2.18. The normalized spacial score (nSPS) is 18.7. The molecule has 0 unspecified atom stereocenters. The van der Waals surface area contributed by atoms with E-state index in [0.29, 0.717) is 0 Å². The molecule has 1 fully saturated rings. The molecule has 1 N–H and O–H groups in total. The van der Waals surface area contributed by atoms with Crippen LogP contribution in [0.5, 0.6) is 0 Å². The predicted octanol–water partition coefficient (Wildman–Crippen LogP) is 1.24. The first kappa shape index (κ1) is 12.6. The third kappa shape index (κ3) is 3.82. The Kier molecular flexibility index (Phi) is 4.57. The Morgan fingerprint density at radius 3 is 2.76 bits per heavy atom. The number of hydrogen-bond donors (Lipinski definition) is 1. The fourth-order valence-electron chi connectivity index (χ4n) is 2.51. The van der Waals surface area contributed by atoms with E-state index in [2.05, 4.69) is 28.4 Å². The van der Waals surface area contributed by atoms with Gasteiger partial charge in [0.15, 0.2) is 0 Å². The molecule has 4 heteroatoms. The maximum Gasteiger partial charge on any atom is 0.0534 e. The van der Waals surface area contributed by atoms with E-state index in [1.807, 2.05) is 17.9 Å². The van der Waals surface area contributed by atoms with Gasteiger partial charge in [-0.3, -0.25) is 9.58 Å². The molecule has 17 heavy (non-hydrogen) atoms. The molecule has 0 saturated carbocycles. The molecule has 0 radical (unpaired) electrons. The molecule has 4 nitrogen and oxygen atoms in total. The highest BCUT2D eigenvalue weighted by Crippen LogP contribution is 2.18. The van der Waals surface area contributed by atoms with Crippen LogP contribution in [0.2, 0.25) is 0 Å². The van der Waals surface area contributed by atoms with E-state index >= 15 is 0 Å². The summed E-state index contributed by atoms with van der Waals surface area (Å²) in [5.74, 6) is 0.875. The second-order valence-corrected chi connectivity index (χ2v) is 5.05. The fourth-order valence-corrected chi connectivity index (χ4v) is 2.51. The lowest BCUT2D eigenvalue weighted by molar-refractivity contribution is 0.176. The van der Waals surface area contributed by atoms with Crippen molar-refractivity contribution in [2.75, 3.05) is 26.2 Å². The number of piperidine rings is 1. The van der Waals surface area contributed by atoms with E-state index in [4.69, 9.17) is 0 Å². The minimum Gasteiger partial charge on any atom is -0.317 e. The highest BCUT2D eigenvalue weighted by molar-refractivity contribution is 5.03. The molecule has 0 aliphatic carbocycles. The average molecular weight is 236 g/mol. The van der Waals surface area contributed by atoms with Gasteiger partial charge in [0, 0.05) is 25.4 Å². The van der Waals surface area contributed by atoms with Crippen LogP contribution < -0.4 is 5.32 Å². The average Bonchev–Trinajstić information content (AvgIpc) is 2.74. The van der Waals surface area contributed by atoms with Crippen LogP contribution in [-0.4, -0.2) is 40.9 Å². The summed E-state index contributed by atoms with van der Waals surface area (Å²) in [6.45, 7) is 7.97. The number of hydrogen-bond acceptors (Lipinski definition) is 3. The minimum absolute atomic E-state index is 0.875. The monoisotopic (exact) mass is 236 g/mol. The molecule has 1 aromatic rings. The number of nitrogens with zero attached hydrogens (tertiary/aromatic N) is 3. The minimum atomic E-state index is 0.875. The summed E-state index contributed by atoms with van der Waals surface area (Å²) in [5.41, 5.74) is 1.33. The number of likely N-dealkylation sites (tertiary alicyclic amines) is 1. The summed E-state index contributed by atoms with van der Waals surface area (Å²) >= 11 is 0. The van der Waals surface area contributed by atoms with E-state index in [0.717, 1.165) is 19.0 Å². The zero-order valence-electron chi connectivity index (χ0n) is 11.0. The lowest BCUT2D eigenvalue weighted by Crippen LogP contribution is -2.36. The Morgan fingerprint density at radius 2 is 2.18 bits per heavy atom. The van der Waals surface area contributed by atoms with E-state index in [1.54, 1.807) is 0 Å². The predicted molar refractivity (Wildman–Crippen MR) is 69.8 cm³/mol. The van der Waals surface area contributed by atoms with Gasteiger partial charge in [-0.1, -0.05) is 6.92 Å². The van der Waals surface area contributed by atoms with Gasteiger partial charge in [0.1, 0.15) is 0 Å². The van der Waals surface area contributed by atoms with Crippen LogP contribution in [0.15, 0.2) is 12.4 Å². The summed E-state index contributed by atoms with van der Waals surface area (Å²) in [6.07, 6.45) is 6.75. The van der Waals surface area contributed by atoms with Gasteiger partial charge in [-0.05, 0) is 44.9 Å². The molecular formula is C13H24N4. The standard InChI is InChI=1S/C13H24N4/c1-3-14-8-12-4-6-17(7-5-12)11-13-9-15-16(2)10-13/h9-10,12,14H,3-8,11H2,1-2H3. The van der Waals surface area contributed by atoms with Crippen molar-refractivity contribution in [1.29, 1.82) is 0 Å². The largest absolute Gasteiger partial charge is 0.317 e. The SMILES string of the molecule is CCNCC1CCN(Cc2cnn(C)c2)CC1. The molecule has 96 valence electrons. The smallest absolute Gasteiger partial charge is 0.0534 e. The van der Waals surface area contributed by atoms with Gasteiger partial charge < -0.3 is 5.32 Å². The van der Waals surface area contributed by atoms with Crippen LogP contribution in [0.3, 0.4) is 0 Å². The number of nitrogens with one attached hydrogen (secondary N) is 1. The van der Waals surface area contributed by atoms with Gasteiger partial charge in [0.2, 0.25) is 0 Å². The Hall–Kier alpha value is -0.870. The quantitative estimate of drug-likeness (QED) is 0.835. The number of rotatable bonds is 5. The third-order valence-corrected chi connectivity index (χ3v) is 3.55. The first-order chi connectivity index (χ1) is 8.28. The molecule has 0 amide bonds. The van der Waals surface area contributed by atoms with Crippen molar-refractivity contribution in [3.63, 3.8) is 0 Å². The van der Waals surface area contributed by atoms with E-state index in [-0.39, 0.29) is 0 Å². The molecule has 2 rings (SSSR count). The zero-order valence-corrected chi connectivity index (χ0v) is 11.0. The topological polar surface area (TPSA) is 33.1 Å². The summed E-state index contributed by atoms with van der Waals surface area (Å²) < 4.78 is 1.88. The summed E-state index contributed by atoms with van der Waals surface area (Å²) in [5, 5.41) is 7.67. The molecule has 0 bridgehead atoms. The Bertz CT molecular complexity index is 326. The fraction of sp³-hybridized carbons (Fsp3) is 0.769. The Labute approximate surface area is 104 Å². The van der Waals surface area contributed by atoms with Crippen molar-refractivity contribution in [3.8, 4) is 0 Å². The van der Waals surface area contributed by atoms with Gasteiger partial charge in [-0.15, -0.1) is 0 Å². The van der Waals surface area contributed by atoms with E-state index < -0.39 is 0 Å². The first-order valence-electron chi connectivity index (χ1n) is 6.68. The lowest BCUT2D eigenvalue weighted by atomic mass is 9.96. The van der Waals surface area contributed by atoms with Crippen molar-refractivity contribution in [2.45, 2.75) is 26.3 Å². The number of aryl methyl sites for hydroxylation is 1. The number of aromatic nitrogens is 2. The zero-order chi connectivity index (χ0) is 12.1. The summed E-state index contributed by atoms with van der Waals surface area (Å²) in [4.78, 5) is 2.54. The molecule has 1 aliphatic heterocycles. The summed E-state index contributed by atoms with van der Waals surface area (Å²) in [6, 6.07) is 0. The molecule has 0 aromatic carbocycles. The van der Waals surface area contributed by atoms with Gasteiger partial charge in [0.05, 0.1) is 6.20 Å². The van der Waals surface area contributed by atoms with Gasteiger partial charge in [-0.2, -0.15) is 5.10 Å². The van der Waals surface area contributed by atoms with Crippen molar-refractivity contribution in [2.24, 2.45) is 13.0 Å². The molecular weight excluding hydrogens is 212 g/mol. The summed E-state index contributed by atoms with van der Waals surface area (Å²) in [7, 11) is 1.98. The van der Waals surface area contributed by atoms with Gasteiger partial charge in [-0.25, -0.2) is 0 Å². The van der Waals surface area contributed by atoms with Crippen LogP contribution in [0.25, 0.3) is 0 Å². The molecule has 1 aromatic heterocycles. The molecule has 1 aliphatic rings. The maximum absolute atomic E-state index is 4.22. The van der Waals surface area contributed by atoms with Crippen molar-refractivity contribution in [1.82, 2.24) is 20.0 Å². The van der Waals surface area contributed by atoms with Crippen LogP contribution in [-0.2, 0) is 13.6 Å². The van der Waals surface area contributed by atoms with E-state index in [9.17, 15) is 0 Å². The Balaban J connectivity index is 1.72. The van der Waals surface area contributed by atoms with Crippen LogP contribution in [0, 0.1) is 5.92 Å². The molecule has 0 spiro atoms. The van der Waals surface area contributed by atoms with E-state index in [1.165, 1.54) is 38.0 Å². The van der Waals surface area contributed by atoms with Crippen LogP contribution >= 0.6 is 0 Å². The second kappa shape index (κ2) is 6.17. The van der Waals surface area contributed by atoms with Crippen molar-refractivity contribution < 1.29 is 0 Å². The molecule has 0 atom stereocenters. The maximum atomic E-state index is 4.22. The van der Waals surface area contributed by atoms with Gasteiger partial charge in [0.25, 0.3) is 0 Å².